The average Bonchev–Trinajstić information content (AvgIpc) is 3.28. The Hall–Kier alpha value is -2.31. The third kappa shape index (κ3) is 3.23. The predicted molar refractivity (Wildman–Crippen MR) is 76.1 cm³/mol. The molecule has 1 aliphatic carbocycles. The van der Waals surface area contributed by atoms with Crippen LogP contribution in [-0.4, -0.2) is 22.6 Å². The van der Waals surface area contributed by atoms with Gasteiger partial charge < -0.3 is 9.30 Å². The molecule has 0 unspecified atom stereocenters. The molecule has 0 amide bonds. The van der Waals surface area contributed by atoms with Crippen LogP contribution in [0, 0.1) is 0 Å². The zero-order valence-corrected chi connectivity index (χ0v) is 12.4. The summed E-state index contributed by atoms with van der Waals surface area (Å²) in [6, 6.07) is 4.92. The Morgan fingerprint density at radius 1 is 1.30 bits per heavy atom. The number of aromatic nitrogens is 2. The zero-order chi connectivity index (χ0) is 16.6. The van der Waals surface area contributed by atoms with Gasteiger partial charge in [0, 0.05) is 12.5 Å². The first kappa shape index (κ1) is 15.6. The monoisotopic (exact) mass is 324 g/mol. The number of hydrogen-bond acceptors (Lipinski definition) is 3. The molecule has 122 valence electrons. The minimum atomic E-state index is -4.36. The smallest absolute Gasteiger partial charge is 0.416 e. The number of alkyl halides is 3. The molecule has 1 fully saturated rings. The van der Waals surface area contributed by atoms with Gasteiger partial charge in [-0.3, -0.25) is 0 Å². The van der Waals surface area contributed by atoms with Crippen LogP contribution in [-0.2, 0) is 17.5 Å². The molecule has 0 spiro atoms. The lowest BCUT2D eigenvalue weighted by atomic mass is 10.1. The Kier molecular flexibility index (Phi) is 3.87. The SMILES string of the molecule is COC(=O)c1cnc(C2CC2)n1Cc1ccc(C(F)(F)F)cc1. The van der Waals surface area contributed by atoms with Gasteiger partial charge >= 0.3 is 12.1 Å². The highest BCUT2D eigenvalue weighted by Crippen LogP contribution is 2.40. The molecule has 7 heteroatoms. The number of imidazole rings is 1. The fourth-order valence-electron chi connectivity index (χ4n) is 2.47. The molecule has 1 saturated carbocycles. The van der Waals surface area contributed by atoms with E-state index in [0.717, 1.165) is 30.8 Å². The molecule has 1 aromatic heterocycles. The third-order valence-corrected chi connectivity index (χ3v) is 3.85. The minimum Gasteiger partial charge on any atom is -0.464 e. The van der Waals surface area contributed by atoms with Gasteiger partial charge in [-0.05, 0) is 30.5 Å². The summed E-state index contributed by atoms with van der Waals surface area (Å²) in [5.74, 6) is 0.587. The Morgan fingerprint density at radius 3 is 2.48 bits per heavy atom. The molecule has 0 bridgehead atoms. The van der Waals surface area contributed by atoms with Crippen molar-refractivity contribution in [2.24, 2.45) is 0 Å². The lowest BCUT2D eigenvalue weighted by molar-refractivity contribution is -0.137. The van der Waals surface area contributed by atoms with E-state index in [0.29, 0.717) is 17.2 Å². The van der Waals surface area contributed by atoms with E-state index in [1.54, 1.807) is 4.57 Å². The quantitative estimate of drug-likeness (QED) is 0.807. The van der Waals surface area contributed by atoms with Crippen LogP contribution in [0.3, 0.4) is 0 Å². The number of rotatable bonds is 4. The highest BCUT2D eigenvalue weighted by Gasteiger charge is 2.32. The number of benzene rings is 1. The van der Waals surface area contributed by atoms with Crippen molar-refractivity contribution < 1.29 is 22.7 Å². The number of esters is 1. The van der Waals surface area contributed by atoms with Crippen LogP contribution < -0.4 is 0 Å². The Bertz CT molecular complexity index is 716. The van der Waals surface area contributed by atoms with Crippen LogP contribution in [0.4, 0.5) is 13.2 Å². The topological polar surface area (TPSA) is 44.1 Å². The summed E-state index contributed by atoms with van der Waals surface area (Å²) in [7, 11) is 1.29. The molecular formula is C16H15F3N2O2. The van der Waals surface area contributed by atoms with E-state index in [1.807, 2.05) is 0 Å². The molecule has 0 saturated heterocycles. The van der Waals surface area contributed by atoms with E-state index < -0.39 is 17.7 Å². The van der Waals surface area contributed by atoms with Gasteiger partial charge in [0.1, 0.15) is 11.5 Å². The highest BCUT2D eigenvalue weighted by atomic mass is 19.4. The van der Waals surface area contributed by atoms with Gasteiger partial charge in [-0.1, -0.05) is 12.1 Å². The molecule has 3 rings (SSSR count). The van der Waals surface area contributed by atoms with Gasteiger partial charge in [-0.25, -0.2) is 9.78 Å². The molecule has 4 nitrogen and oxygen atoms in total. The number of methoxy groups -OCH3 is 1. The number of ether oxygens (including phenoxy) is 1. The molecular weight excluding hydrogens is 309 g/mol. The van der Waals surface area contributed by atoms with E-state index in [4.69, 9.17) is 4.74 Å². The largest absolute Gasteiger partial charge is 0.464 e. The van der Waals surface area contributed by atoms with Crippen molar-refractivity contribution in [3.63, 3.8) is 0 Å². The van der Waals surface area contributed by atoms with Gasteiger partial charge in [-0.15, -0.1) is 0 Å². The first-order valence-corrected chi connectivity index (χ1v) is 7.20. The average molecular weight is 324 g/mol. The van der Waals surface area contributed by atoms with E-state index in [2.05, 4.69) is 4.98 Å². The maximum absolute atomic E-state index is 12.6. The predicted octanol–water partition coefficient (Wildman–Crippen LogP) is 3.61. The van der Waals surface area contributed by atoms with Gasteiger partial charge in [-0.2, -0.15) is 13.2 Å². The lowest BCUT2D eigenvalue weighted by Gasteiger charge is -2.12. The van der Waals surface area contributed by atoms with Gasteiger partial charge in [0.2, 0.25) is 0 Å². The van der Waals surface area contributed by atoms with Crippen molar-refractivity contribution in [2.75, 3.05) is 7.11 Å². The fraction of sp³-hybridized carbons (Fsp3) is 0.375. The summed E-state index contributed by atoms with van der Waals surface area (Å²) >= 11 is 0. The van der Waals surface area contributed by atoms with Crippen LogP contribution >= 0.6 is 0 Å². The number of halogens is 3. The molecule has 1 aliphatic rings. The second-order valence-corrected chi connectivity index (χ2v) is 5.55. The summed E-state index contributed by atoms with van der Waals surface area (Å²) in [5.41, 5.74) is 0.292. The molecule has 2 aromatic rings. The minimum absolute atomic E-state index is 0.286. The van der Waals surface area contributed by atoms with Crippen LogP contribution in [0.5, 0.6) is 0 Å². The first-order chi connectivity index (χ1) is 10.9. The second-order valence-electron chi connectivity index (χ2n) is 5.55. The van der Waals surface area contributed by atoms with Crippen molar-refractivity contribution in [2.45, 2.75) is 31.5 Å². The maximum Gasteiger partial charge on any atom is 0.416 e. The van der Waals surface area contributed by atoms with Crippen molar-refractivity contribution in [3.05, 3.63) is 53.1 Å². The number of carbonyl (C=O) groups excluding carboxylic acids is 1. The molecule has 0 radical (unpaired) electrons. The van der Waals surface area contributed by atoms with Crippen molar-refractivity contribution in [1.82, 2.24) is 9.55 Å². The van der Waals surface area contributed by atoms with E-state index in [-0.39, 0.29) is 6.54 Å². The number of nitrogens with zero attached hydrogens (tertiary/aromatic N) is 2. The van der Waals surface area contributed by atoms with E-state index in [9.17, 15) is 18.0 Å². The van der Waals surface area contributed by atoms with E-state index >= 15 is 0 Å². The summed E-state index contributed by atoms with van der Waals surface area (Å²) in [5, 5.41) is 0. The molecule has 1 heterocycles. The Morgan fingerprint density at radius 2 is 1.96 bits per heavy atom. The van der Waals surface area contributed by atoms with Gasteiger partial charge in [0.05, 0.1) is 18.9 Å². The normalized spacial score (nSPS) is 14.8. The molecule has 0 aliphatic heterocycles. The molecule has 23 heavy (non-hydrogen) atoms. The van der Waals surface area contributed by atoms with Gasteiger partial charge in [0.25, 0.3) is 0 Å². The third-order valence-electron chi connectivity index (χ3n) is 3.85. The number of carbonyl (C=O) groups is 1. The van der Waals surface area contributed by atoms with Crippen molar-refractivity contribution in [3.8, 4) is 0 Å². The van der Waals surface area contributed by atoms with Crippen LogP contribution in [0.1, 0.15) is 46.2 Å². The Balaban J connectivity index is 1.89. The molecule has 0 atom stereocenters. The number of hydrogen-bond donors (Lipinski definition) is 0. The van der Waals surface area contributed by atoms with Gasteiger partial charge in [0.15, 0.2) is 0 Å². The van der Waals surface area contributed by atoms with Crippen LogP contribution in [0.25, 0.3) is 0 Å². The second kappa shape index (κ2) is 5.72. The summed E-state index contributed by atoms with van der Waals surface area (Å²) in [6.45, 7) is 0.286. The van der Waals surface area contributed by atoms with E-state index in [1.165, 1.54) is 25.4 Å². The maximum atomic E-state index is 12.6. The summed E-state index contributed by atoms with van der Waals surface area (Å²) < 4.78 is 44.3. The standard InChI is InChI=1S/C16H15F3N2O2/c1-23-15(22)13-8-20-14(11-4-5-11)21(13)9-10-2-6-12(7-3-10)16(17,18)19/h2-3,6-8,11H,4-5,9H2,1H3. The van der Waals surface area contributed by atoms with Crippen molar-refractivity contribution >= 4 is 5.97 Å². The zero-order valence-electron chi connectivity index (χ0n) is 12.4. The first-order valence-electron chi connectivity index (χ1n) is 7.20. The molecule has 1 aromatic carbocycles. The highest BCUT2D eigenvalue weighted by molar-refractivity contribution is 5.87. The lowest BCUT2D eigenvalue weighted by Crippen LogP contribution is -2.14. The van der Waals surface area contributed by atoms with Crippen LogP contribution in [0.15, 0.2) is 30.5 Å². The fourth-order valence-corrected chi connectivity index (χ4v) is 2.47. The molecule has 0 N–H and O–H groups in total. The van der Waals surface area contributed by atoms with Crippen LogP contribution in [0.2, 0.25) is 0 Å². The Labute approximate surface area is 130 Å². The summed E-state index contributed by atoms with van der Waals surface area (Å²) in [6.07, 6.45) is -0.886. The van der Waals surface area contributed by atoms with Crippen molar-refractivity contribution in [1.29, 1.82) is 0 Å². The summed E-state index contributed by atoms with van der Waals surface area (Å²) in [4.78, 5) is 16.1.